The van der Waals surface area contributed by atoms with Crippen LogP contribution in [0.3, 0.4) is 0 Å². The first kappa shape index (κ1) is 22.6. The van der Waals surface area contributed by atoms with Gasteiger partial charge in [0.2, 0.25) is 5.82 Å². The van der Waals surface area contributed by atoms with Crippen LogP contribution in [-0.2, 0) is 15.6 Å². The van der Waals surface area contributed by atoms with Gasteiger partial charge in [0, 0.05) is 0 Å². The molecule has 0 bridgehead atoms. The van der Waals surface area contributed by atoms with E-state index in [1.807, 2.05) is 19.9 Å². The standard InChI is InChI=1S/C24H24N2O6S/c1-14-11-16(3)21(12-15(14)2)33(27,28)13-17-9-10-20(31-17)24-25-23(26-32-24)18-7-6-8-19(29-4)22(18)30-5/h6-12H,13H2,1-5H3. The van der Waals surface area contributed by atoms with Crippen LogP contribution >= 0.6 is 0 Å². The average Bonchev–Trinajstić information content (AvgIpc) is 3.44. The lowest BCUT2D eigenvalue weighted by Crippen LogP contribution is -2.07. The Morgan fingerprint density at radius 3 is 2.42 bits per heavy atom. The van der Waals surface area contributed by atoms with Crippen molar-refractivity contribution in [2.75, 3.05) is 14.2 Å². The minimum atomic E-state index is -3.60. The largest absolute Gasteiger partial charge is 0.493 e. The zero-order chi connectivity index (χ0) is 23.8. The summed E-state index contributed by atoms with van der Waals surface area (Å²) in [6, 6.07) is 12.1. The molecular weight excluding hydrogens is 444 g/mol. The van der Waals surface area contributed by atoms with Gasteiger partial charge in [-0.05, 0) is 67.8 Å². The molecule has 33 heavy (non-hydrogen) atoms. The molecule has 2 aromatic carbocycles. The summed E-state index contributed by atoms with van der Waals surface area (Å²) >= 11 is 0. The van der Waals surface area contributed by atoms with Crippen molar-refractivity contribution in [3.8, 4) is 34.5 Å². The van der Waals surface area contributed by atoms with Crippen LogP contribution < -0.4 is 9.47 Å². The Kier molecular flexibility index (Phi) is 5.99. The lowest BCUT2D eigenvalue weighted by molar-refractivity contribution is 0.355. The lowest BCUT2D eigenvalue weighted by atomic mass is 10.1. The van der Waals surface area contributed by atoms with Crippen LogP contribution in [0, 0.1) is 20.8 Å². The van der Waals surface area contributed by atoms with Gasteiger partial charge in [0.05, 0.1) is 24.7 Å². The summed E-state index contributed by atoms with van der Waals surface area (Å²) in [6.07, 6.45) is 0. The minimum Gasteiger partial charge on any atom is -0.493 e. The molecule has 4 rings (SSSR count). The smallest absolute Gasteiger partial charge is 0.293 e. The predicted molar refractivity (Wildman–Crippen MR) is 122 cm³/mol. The molecule has 8 nitrogen and oxygen atoms in total. The van der Waals surface area contributed by atoms with Crippen LogP contribution in [0.4, 0.5) is 0 Å². The maximum Gasteiger partial charge on any atom is 0.293 e. The van der Waals surface area contributed by atoms with E-state index >= 15 is 0 Å². The van der Waals surface area contributed by atoms with Gasteiger partial charge in [-0.2, -0.15) is 4.98 Å². The van der Waals surface area contributed by atoms with E-state index in [2.05, 4.69) is 10.1 Å². The summed E-state index contributed by atoms with van der Waals surface area (Å²) in [4.78, 5) is 4.68. The van der Waals surface area contributed by atoms with Crippen LogP contribution in [0.5, 0.6) is 11.5 Å². The maximum absolute atomic E-state index is 13.0. The van der Waals surface area contributed by atoms with Crippen molar-refractivity contribution in [3.63, 3.8) is 0 Å². The van der Waals surface area contributed by atoms with E-state index in [0.717, 1.165) is 11.1 Å². The summed E-state index contributed by atoms with van der Waals surface area (Å²) in [5.74, 6) is 1.70. The van der Waals surface area contributed by atoms with E-state index in [1.54, 1.807) is 50.4 Å². The Labute approximate surface area is 192 Å². The van der Waals surface area contributed by atoms with Gasteiger partial charge in [-0.3, -0.25) is 0 Å². The molecule has 0 radical (unpaired) electrons. The Morgan fingerprint density at radius 2 is 1.70 bits per heavy atom. The van der Waals surface area contributed by atoms with E-state index in [4.69, 9.17) is 18.4 Å². The molecule has 0 aliphatic heterocycles. The Balaban J connectivity index is 1.61. The van der Waals surface area contributed by atoms with Gasteiger partial charge in [-0.25, -0.2) is 8.42 Å². The number of para-hydroxylation sites is 1. The molecule has 0 fully saturated rings. The number of hydrogen-bond donors (Lipinski definition) is 0. The SMILES string of the molecule is COc1cccc(-c2noc(-c3ccc(CS(=O)(=O)c4cc(C)c(C)cc4C)o3)n2)c1OC. The number of ether oxygens (including phenoxy) is 2. The molecule has 0 atom stereocenters. The van der Waals surface area contributed by atoms with Gasteiger partial charge in [0.1, 0.15) is 11.5 Å². The summed E-state index contributed by atoms with van der Waals surface area (Å²) in [5.41, 5.74) is 3.27. The number of nitrogens with zero attached hydrogens (tertiary/aromatic N) is 2. The Hall–Kier alpha value is -3.59. The molecule has 0 unspecified atom stereocenters. The number of methoxy groups -OCH3 is 2. The van der Waals surface area contributed by atoms with Crippen molar-refractivity contribution >= 4 is 9.84 Å². The molecule has 2 aromatic heterocycles. The van der Waals surface area contributed by atoms with Gasteiger partial charge >= 0.3 is 0 Å². The summed E-state index contributed by atoms with van der Waals surface area (Å²) in [7, 11) is -0.528. The molecule has 0 saturated heterocycles. The van der Waals surface area contributed by atoms with Crippen LogP contribution in [0.1, 0.15) is 22.5 Å². The highest BCUT2D eigenvalue weighted by Crippen LogP contribution is 2.37. The molecule has 0 aliphatic rings. The van der Waals surface area contributed by atoms with Gasteiger partial charge in [-0.15, -0.1) is 0 Å². The number of aromatic nitrogens is 2. The topological polar surface area (TPSA) is 105 Å². The lowest BCUT2D eigenvalue weighted by Gasteiger charge is -2.10. The minimum absolute atomic E-state index is 0.126. The Morgan fingerprint density at radius 1 is 0.939 bits per heavy atom. The third-order valence-corrected chi connectivity index (χ3v) is 7.18. The predicted octanol–water partition coefficient (Wildman–Crippen LogP) is 4.91. The number of rotatable bonds is 7. The highest BCUT2D eigenvalue weighted by Gasteiger charge is 2.23. The third kappa shape index (κ3) is 4.36. The first-order valence-corrected chi connectivity index (χ1v) is 11.8. The number of benzene rings is 2. The van der Waals surface area contributed by atoms with E-state index in [9.17, 15) is 8.42 Å². The molecule has 0 spiro atoms. The zero-order valence-corrected chi connectivity index (χ0v) is 19.8. The first-order chi connectivity index (χ1) is 15.7. The molecule has 0 saturated carbocycles. The first-order valence-electron chi connectivity index (χ1n) is 10.2. The molecular formula is C24H24N2O6S. The van der Waals surface area contributed by atoms with Crippen molar-refractivity contribution < 1.29 is 26.8 Å². The van der Waals surface area contributed by atoms with Crippen molar-refractivity contribution in [2.45, 2.75) is 31.4 Å². The fourth-order valence-electron chi connectivity index (χ4n) is 3.60. The molecule has 4 aromatic rings. The van der Waals surface area contributed by atoms with Crippen LogP contribution in [-0.4, -0.2) is 32.8 Å². The van der Waals surface area contributed by atoms with Crippen LogP contribution in [0.15, 0.2) is 56.3 Å². The maximum atomic E-state index is 13.0. The number of hydrogen-bond acceptors (Lipinski definition) is 8. The molecule has 0 N–H and O–H groups in total. The van der Waals surface area contributed by atoms with Crippen molar-refractivity contribution in [1.82, 2.24) is 10.1 Å². The molecule has 9 heteroatoms. The highest BCUT2D eigenvalue weighted by molar-refractivity contribution is 7.90. The fraction of sp³-hybridized carbons (Fsp3) is 0.250. The quantitative estimate of drug-likeness (QED) is 0.377. The van der Waals surface area contributed by atoms with Gasteiger partial charge in [0.15, 0.2) is 27.1 Å². The van der Waals surface area contributed by atoms with Crippen molar-refractivity contribution in [3.05, 3.63) is 64.9 Å². The average molecular weight is 469 g/mol. The Bertz CT molecular complexity index is 1420. The van der Waals surface area contributed by atoms with Crippen molar-refractivity contribution in [2.24, 2.45) is 0 Å². The summed E-state index contributed by atoms with van der Waals surface area (Å²) in [5, 5.41) is 4.01. The molecule has 0 aliphatic carbocycles. The van der Waals surface area contributed by atoms with E-state index < -0.39 is 9.84 Å². The monoisotopic (exact) mass is 468 g/mol. The molecule has 0 amide bonds. The van der Waals surface area contributed by atoms with Crippen LogP contribution in [0.25, 0.3) is 23.0 Å². The second kappa shape index (κ2) is 8.74. The fourth-order valence-corrected chi connectivity index (χ4v) is 5.19. The molecule has 2 heterocycles. The molecule has 172 valence electrons. The zero-order valence-electron chi connectivity index (χ0n) is 19.0. The normalized spacial score (nSPS) is 11.5. The van der Waals surface area contributed by atoms with Crippen molar-refractivity contribution in [1.29, 1.82) is 0 Å². The van der Waals surface area contributed by atoms with Gasteiger partial charge < -0.3 is 18.4 Å². The van der Waals surface area contributed by atoms with Crippen LogP contribution in [0.2, 0.25) is 0 Å². The van der Waals surface area contributed by atoms with E-state index in [1.165, 1.54) is 7.11 Å². The number of sulfone groups is 1. The van der Waals surface area contributed by atoms with E-state index in [-0.39, 0.29) is 29.0 Å². The number of furan rings is 1. The second-order valence-corrected chi connectivity index (χ2v) is 9.65. The van der Waals surface area contributed by atoms with E-state index in [0.29, 0.717) is 27.5 Å². The summed E-state index contributed by atoms with van der Waals surface area (Å²) < 4.78 is 47.9. The van der Waals surface area contributed by atoms with Gasteiger partial charge in [-0.1, -0.05) is 17.3 Å². The summed E-state index contributed by atoms with van der Waals surface area (Å²) in [6.45, 7) is 5.64. The highest BCUT2D eigenvalue weighted by atomic mass is 32.2. The number of aryl methyl sites for hydroxylation is 3. The van der Waals surface area contributed by atoms with Gasteiger partial charge in [0.25, 0.3) is 5.89 Å². The second-order valence-electron chi connectivity index (χ2n) is 7.69. The third-order valence-electron chi connectivity index (χ3n) is 5.40.